The third-order valence-electron chi connectivity index (χ3n) is 3.20. The number of nitrogens with zero attached hydrogens (tertiary/aromatic N) is 1. The molecule has 3 amide bonds. The van der Waals surface area contributed by atoms with Gasteiger partial charge in [0.2, 0.25) is 0 Å². The van der Waals surface area contributed by atoms with Gasteiger partial charge in [-0.3, -0.25) is 9.69 Å². The average molecular weight is 210 g/mol. The van der Waals surface area contributed by atoms with Crippen molar-refractivity contribution >= 4 is 11.9 Å². The number of imide groups is 1. The zero-order valence-electron chi connectivity index (χ0n) is 9.32. The Morgan fingerprint density at radius 1 is 1.40 bits per heavy atom. The Morgan fingerprint density at radius 3 is 2.53 bits per heavy atom. The number of carbonyl (C=O) groups excluding carboxylic acids is 2. The van der Waals surface area contributed by atoms with E-state index in [1.807, 2.05) is 0 Å². The molecule has 15 heavy (non-hydrogen) atoms. The van der Waals surface area contributed by atoms with E-state index >= 15 is 0 Å². The van der Waals surface area contributed by atoms with E-state index in [9.17, 15) is 9.59 Å². The molecule has 4 nitrogen and oxygen atoms in total. The smallest absolute Gasteiger partial charge is 0.325 e. The van der Waals surface area contributed by atoms with Gasteiger partial charge in [-0.05, 0) is 31.6 Å². The van der Waals surface area contributed by atoms with E-state index in [1.165, 1.54) is 4.90 Å². The number of nitrogens with one attached hydrogen (secondary N) is 1. The first kappa shape index (κ1) is 10.5. The Morgan fingerprint density at radius 2 is 2.07 bits per heavy atom. The van der Waals surface area contributed by atoms with Crippen LogP contribution in [0.25, 0.3) is 0 Å². The molecule has 0 aromatic heterocycles. The van der Waals surface area contributed by atoms with Gasteiger partial charge in [0, 0.05) is 6.04 Å². The predicted octanol–water partition coefficient (Wildman–Crippen LogP) is 1.51. The van der Waals surface area contributed by atoms with Crippen LogP contribution in [0.15, 0.2) is 0 Å². The minimum atomic E-state index is -0.280. The second-order valence-electron chi connectivity index (χ2n) is 4.92. The van der Waals surface area contributed by atoms with Gasteiger partial charge in [-0.15, -0.1) is 0 Å². The Hall–Kier alpha value is -1.06. The molecule has 1 aliphatic carbocycles. The minimum absolute atomic E-state index is 0.0154. The molecule has 1 aliphatic heterocycles. The van der Waals surface area contributed by atoms with Crippen LogP contribution < -0.4 is 5.32 Å². The summed E-state index contributed by atoms with van der Waals surface area (Å²) in [6.07, 6.45) is 3.84. The lowest BCUT2D eigenvalue weighted by Crippen LogP contribution is -2.44. The van der Waals surface area contributed by atoms with E-state index in [0.717, 1.165) is 25.7 Å². The van der Waals surface area contributed by atoms with Gasteiger partial charge in [0.05, 0.1) is 0 Å². The molecule has 0 bridgehead atoms. The van der Waals surface area contributed by atoms with Crippen molar-refractivity contribution in [2.75, 3.05) is 0 Å². The van der Waals surface area contributed by atoms with Crippen LogP contribution in [0.5, 0.6) is 0 Å². The second-order valence-corrected chi connectivity index (χ2v) is 4.92. The van der Waals surface area contributed by atoms with Crippen molar-refractivity contribution in [1.82, 2.24) is 10.2 Å². The lowest BCUT2D eigenvalue weighted by atomic mass is 9.91. The van der Waals surface area contributed by atoms with Gasteiger partial charge in [-0.2, -0.15) is 0 Å². The summed E-state index contributed by atoms with van der Waals surface area (Å²) in [4.78, 5) is 25.0. The Labute approximate surface area is 90.0 Å². The number of carbonyl (C=O) groups is 2. The van der Waals surface area contributed by atoms with Crippen LogP contribution in [0, 0.1) is 5.92 Å². The first-order valence-electron chi connectivity index (χ1n) is 5.73. The maximum Gasteiger partial charge on any atom is 0.325 e. The lowest BCUT2D eigenvalue weighted by Gasteiger charge is -2.32. The van der Waals surface area contributed by atoms with E-state index in [4.69, 9.17) is 0 Å². The van der Waals surface area contributed by atoms with E-state index in [1.54, 1.807) is 0 Å². The van der Waals surface area contributed by atoms with Gasteiger partial charge in [-0.25, -0.2) is 4.79 Å². The highest BCUT2D eigenvalue weighted by atomic mass is 16.2. The van der Waals surface area contributed by atoms with Crippen LogP contribution in [-0.4, -0.2) is 28.9 Å². The Bertz CT molecular complexity index is 284. The van der Waals surface area contributed by atoms with Crippen LogP contribution >= 0.6 is 0 Å². The van der Waals surface area contributed by atoms with Gasteiger partial charge in [-0.1, -0.05) is 13.8 Å². The maximum atomic E-state index is 11.9. The fraction of sp³-hybridized carbons (Fsp3) is 0.818. The third kappa shape index (κ3) is 1.85. The molecule has 1 unspecified atom stereocenters. The average Bonchev–Trinajstić information content (AvgIpc) is 2.29. The fourth-order valence-electron chi connectivity index (χ4n) is 2.17. The molecule has 84 valence electrons. The van der Waals surface area contributed by atoms with Crippen molar-refractivity contribution in [1.29, 1.82) is 0 Å². The van der Waals surface area contributed by atoms with Gasteiger partial charge < -0.3 is 5.32 Å². The van der Waals surface area contributed by atoms with Gasteiger partial charge in [0.1, 0.15) is 6.04 Å². The van der Waals surface area contributed by atoms with Crippen molar-refractivity contribution in [2.45, 2.75) is 51.6 Å². The molecule has 1 atom stereocenters. The molecule has 2 fully saturated rings. The monoisotopic (exact) mass is 210 g/mol. The van der Waals surface area contributed by atoms with Gasteiger partial charge in [0.25, 0.3) is 5.91 Å². The number of amides is 3. The molecule has 1 heterocycles. The Balaban J connectivity index is 2.02. The summed E-state index contributed by atoms with van der Waals surface area (Å²) >= 11 is 0. The predicted molar refractivity (Wildman–Crippen MR) is 56.3 cm³/mol. The topological polar surface area (TPSA) is 49.4 Å². The highest BCUT2D eigenvalue weighted by Crippen LogP contribution is 2.28. The van der Waals surface area contributed by atoms with Crippen LogP contribution in [0.3, 0.4) is 0 Å². The molecule has 0 aromatic carbocycles. The van der Waals surface area contributed by atoms with E-state index in [2.05, 4.69) is 19.2 Å². The van der Waals surface area contributed by atoms with Gasteiger partial charge >= 0.3 is 6.03 Å². The second kappa shape index (κ2) is 3.83. The zero-order valence-corrected chi connectivity index (χ0v) is 9.32. The quantitative estimate of drug-likeness (QED) is 0.718. The largest absolute Gasteiger partial charge is 0.326 e. The van der Waals surface area contributed by atoms with Gasteiger partial charge in [0.15, 0.2) is 0 Å². The summed E-state index contributed by atoms with van der Waals surface area (Å²) in [5.74, 6) is 0.416. The molecule has 1 saturated carbocycles. The molecule has 4 heteroatoms. The SMILES string of the molecule is CC(C)CC1NC(=O)N(C2CCC2)C1=O. The fourth-order valence-corrected chi connectivity index (χ4v) is 2.17. The van der Waals surface area contributed by atoms with Crippen LogP contribution in [0.1, 0.15) is 39.5 Å². The summed E-state index contributed by atoms with van der Waals surface area (Å²) in [5.41, 5.74) is 0. The summed E-state index contributed by atoms with van der Waals surface area (Å²) < 4.78 is 0. The number of urea groups is 1. The van der Waals surface area contributed by atoms with Crippen molar-refractivity contribution < 1.29 is 9.59 Å². The normalized spacial score (nSPS) is 27.1. The van der Waals surface area contributed by atoms with E-state index in [-0.39, 0.29) is 24.0 Å². The molecule has 2 rings (SSSR count). The molecule has 0 radical (unpaired) electrons. The first-order chi connectivity index (χ1) is 7.09. The summed E-state index contributed by atoms with van der Waals surface area (Å²) in [5, 5.41) is 2.77. The van der Waals surface area contributed by atoms with Crippen molar-refractivity contribution in [3.63, 3.8) is 0 Å². The van der Waals surface area contributed by atoms with Crippen molar-refractivity contribution in [3.05, 3.63) is 0 Å². The molecular formula is C11H18N2O2. The third-order valence-corrected chi connectivity index (χ3v) is 3.20. The highest BCUT2D eigenvalue weighted by molar-refractivity contribution is 6.04. The highest BCUT2D eigenvalue weighted by Gasteiger charge is 2.43. The lowest BCUT2D eigenvalue weighted by molar-refractivity contribution is -0.130. The molecular weight excluding hydrogens is 192 g/mol. The minimum Gasteiger partial charge on any atom is -0.326 e. The number of rotatable bonds is 3. The van der Waals surface area contributed by atoms with Crippen molar-refractivity contribution in [3.8, 4) is 0 Å². The first-order valence-corrected chi connectivity index (χ1v) is 5.73. The summed E-state index contributed by atoms with van der Waals surface area (Å²) in [6.45, 7) is 4.12. The van der Waals surface area contributed by atoms with Crippen LogP contribution in [-0.2, 0) is 4.79 Å². The standard InChI is InChI=1S/C11H18N2O2/c1-7(2)6-9-10(14)13(11(15)12-9)8-4-3-5-8/h7-9H,3-6H2,1-2H3,(H,12,15). The molecule has 1 N–H and O–H groups in total. The van der Waals surface area contributed by atoms with Crippen LogP contribution in [0.2, 0.25) is 0 Å². The molecule has 1 saturated heterocycles. The molecule has 0 spiro atoms. The summed E-state index contributed by atoms with van der Waals surface area (Å²) in [7, 11) is 0. The van der Waals surface area contributed by atoms with Crippen LogP contribution in [0.4, 0.5) is 4.79 Å². The molecule has 0 aromatic rings. The van der Waals surface area contributed by atoms with E-state index < -0.39 is 0 Å². The maximum absolute atomic E-state index is 11.9. The number of hydrogen-bond acceptors (Lipinski definition) is 2. The Kier molecular flexibility index (Phi) is 2.67. The van der Waals surface area contributed by atoms with E-state index in [0.29, 0.717) is 5.92 Å². The van der Waals surface area contributed by atoms with Crippen molar-refractivity contribution in [2.24, 2.45) is 5.92 Å². The zero-order chi connectivity index (χ0) is 11.0. The molecule has 2 aliphatic rings. The number of hydrogen-bond donors (Lipinski definition) is 1. The summed E-state index contributed by atoms with van der Waals surface area (Å²) in [6, 6.07) is -0.289.